The van der Waals surface area contributed by atoms with E-state index in [0.29, 0.717) is 13.0 Å². The molecule has 1 heterocycles. The molecule has 0 aliphatic carbocycles. The lowest BCUT2D eigenvalue weighted by Gasteiger charge is -2.20. The number of benzene rings is 1. The maximum atomic E-state index is 12.4. The number of hydrogen-bond donors (Lipinski definition) is 0. The zero-order valence-corrected chi connectivity index (χ0v) is 12.1. The summed E-state index contributed by atoms with van der Waals surface area (Å²) in [7, 11) is 2.76. The standard InChI is InChI=1S/C15H18N2O4/c1-16(10-13(18)21-2)14(19)12-8-9-17(15(12)20)11-6-4-3-5-7-11/h3-7,12H,8-10H2,1-2H3. The first-order valence-electron chi connectivity index (χ1n) is 6.73. The Hall–Kier alpha value is -2.37. The van der Waals surface area contributed by atoms with Gasteiger partial charge in [-0.25, -0.2) is 0 Å². The molecule has 0 radical (unpaired) electrons. The monoisotopic (exact) mass is 290 g/mol. The van der Waals surface area contributed by atoms with Gasteiger partial charge in [-0.15, -0.1) is 0 Å². The van der Waals surface area contributed by atoms with Crippen LogP contribution in [0.15, 0.2) is 30.3 Å². The molecule has 6 nitrogen and oxygen atoms in total. The molecule has 2 amide bonds. The van der Waals surface area contributed by atoms with Gasteiger partial charge in [0.2, 0.25) is 11.8 Å². The Morgan fingerprint density at radius 1 is 1.33 bits per heavy atom. The smallest absolute Gasteiger partial charge is 0.325 e. The van der Waals surface area contributed by atoms with Gasteiger partial charge in [-0.2, -0.15) is 0 Å². The fourth-order valence-electron chi connectivity index (χ4n) is 2.38. The Kier molecular flexibility index (Phi) is 4.57. The molecule has 1 fully saturated rings. The van der Waals surface area contributed by atoms with Crippen molar-refractivity contribution in [2.24, 2.45) is 5.92 Å². The summed E-state index contributed by atoms with van der Waals surface area (Å²) in [6, 6.07) is 9.24. The second-order valence-corrected chi connectivity index (χ2v) is 4.94. The topological polar surface area (TPSA) is 66.9 Å². The van der Waals surface area contributed by atoms with Crippen molar-refractivity contribution >= 4 is 23.5 Å². The van der Waals surface area contributed by atoms with Gasteiger partial charge < -0.3 is 14.5 Å². The summed E-state index contributed by atoms with van der Waals surface area (Å²) in [5, 5.41) is 0. The molecule has 6 heteroatoms. The molecule has 1 aromatic carbocycles. The van der Waals surface area contributed by atoms with Crippen LogP contribution in [0.25, 0.3) is 0 Å². The Morgan fingerprint density at radius 2 is 2.00 bits per heavy atom. The predicted molar refractivity (Wildman–Crippen MR) is 76.6 cm³/mol. The largest absolute Gasteiger partial charge is 0.468 e. The van der Waals surface area contributed by atoms with Gasteiger partial charge in [-0.3, -0.25) is 14.4 Å². The number of carbonyl (C=O) groups excluding carboxylic acids is 3. The van der Waals surface area contributed by atoms with Crippen molar-refractivity contribution in [2.45, 2.75) is 6.42 Å². The Labute approximate surface area is 123 Å². The van der Waals surface area contributed by atoms with Crippen molar-refractivity contribution in [3.05, 3.63) is 30.3 Å². The Bertz CT molecular complexity index is 544. The van der Waals surface area contributed by atoms with Gasteiger partial charge in [0.15, 0.2) is 0 Å². The van der Waals surface area contributed by atoms with Gasteiger partial charge in [0.05, 0.1) is 7.11 Å². The van der Waals surface area contributed by atoms with Gasteiger partial charge in [-0.1, -0.05) is 18.2 Å². The minimum Gasteiger partial charge on any atom is -0.468 e. The van der Waals surface area contributed by atoms with Crippen LogP contribution in [0.5, 0.6) is 0 Å². The SMILES string of the molecule is COC(=O)CN(C)C(=O)C1CCN(c2ccccc2)C1=O. The molecule has 0 spiro atoms. The fraction of sp³-hybridized carbons (Fsp3) is 0.400. The van der Waals surface area contributed by atoms with E-state index in [1.165, 1.54) is 19.1 Å². The van der Waals surface area contributed by atoms with E-state index < -0.39 is 11.9 Å². The zero-order chi connectivity index (χ0) is 15.4. The number of para-hydroxylation sites is 1. The summed E-state index contributed by atoms with van der Waals surface area (Å²) in [5.74, 6) is -1.79. The van der Waals surface area contributed by atoms with Gasteiger partial charge in [0.25, 0.3) is 0 Å². The molecule has 0 aromatic heterocycles. The Balaban J connectivity index is 2.04. The molecule has 1 aliphatic heterocycles. The average Bonchev–Trinajstić information content (AvgIpc) is 2.88. The molecular weight excluding hydrogens is 272 g/mol. The summed E-state index contributed by atoms with van der Waals surface area (Å²) in [4.78, 5) is 38.7. The van der Waals surface area contributed by atoms with Gasteiger partial charge in [-0.05, 0) is 18.6 Å². The minimum atomic E-state index is -0.722. The van der Waals surface area contributed by atoms with Crippen LogP contribution >= 0.6 is 0 Å². The van der Waals surface area contributed by atoms with Crippen LogP contribution in [0.1, 0.15) is 6.42 Å². The van der Waals surface area contributed by atoms with Crippen molar-refractivity contribution in [3.8, 4) is 0 Å². The summed E-state index contributed by atoms with van der Waals surface area (Å²) in [5.41, 5.74) is 0.786. The molecule has 1 aliphatic rings. The Morgan fingerprint density at radius 3 is 2.62 bits per heavy atom. The lowest BCUT2D eigenvalue weighted by atomic mass is 10.1. The normalized spacial score (nSPS) is 17.7. The molecule has 1 aromatic rings. The number of ether oxygens (including phenoxy) is 1. The van der Waals surface area contributed by atoms with Crippen molar-refractivity contribution in [1.82, 2.24) is 4.90 Å². The van der Waals surface area contributed by atoms with Crippen molar-refractivity contribution in [1.29, 1.82) is 0 Å². The molecular formula is C15H18N2O4. The third-order valence-corrected chi connectivity index (χ3v) is 3.54. The van der Waals surface area contributed by atoms with Crippen LogP contribution in [0.3, 0.4) is 0 Å². The highest BCUT2D eigenvalue weighted by molar-refractivity contribution is 6.09. The number of methoxy groups -OCH3 is 1. The maximum absolute atomic E-state index is 12.4. The van der Waals surface area contributed by atoms with E-state index in [1.807, 2.05) is 30.3 Å². The van der Waals surface area contributed by atoms with Crippen LogP contribution in [-0.4, -0.2) is 49.9 Å². The summed E-state index contributed by atoms with van der Waals surface area (Å²) >= 11 is 0. The molecule has 0 bridgehead atoms. The molecule has 0 N–H and O–H groups in total. The number of likely N-dealkylation sites (N-methyl/N-ethyl adjacent to an activating group) is 1. The zero-order valence-electron chi connectivity index (χ0n) is 12.1. The number of hydrogen-bond acceptors (Lipinski definition) is 4. The minimum absolute atomic E-state index is 0.148. The first kappa shape index (κ1) is 15.0. The fourth-order valence-corrected chi connectivity index (χ4v) is 2.38. The molecule has 1 unspecified atom stereocenters. The van der Waals surface area contributed by atoms with E-state index in [-0.39, 0.29) is 18.4 Å². The molecule has 112 valence electrons. The van der Waals surface area contributed by atoms with Crippen LogP contribution in [0.4, 0.5) is 5.69 Å². The first-order valence-corrected chi connectivity index (χ1v) is 6.73. The molecule has 0 saturated carbocycles. The van der Waals surface area contributed by atoms with Crippen LogP contribution in [0.2, 0.25) is 0 Å². The third kappa shape index (κ3) is 3.21. The van der Waals surface area contributed by atoms with Gasteiger partial charge >= 0.3 is 5.97 Å². The number of anilines is 1. The average molecular weight is 290 g/mol. The molecule has 1 atom stereocenters. The van der Waals surface area contributed by atoms with Crippen LogP contribution < -0.4 is 4.90 Å². The van der Waals surface area contributed by atoms with Gasteiger partial charge in [0, 0.05) is 19.3 Å². The molecule has 2 rings (SSSR count). The second-order valence-electron chi connectivity index (χ2n) is 4.94. The molecule has 21 heavy (non-hydrogen) atoms. The number of rotatable bonds is 4. The lowest BCUT2D eigenvalue weighted by Crippen LogP contribution is -2.40. The van der Waals surface area contributed by atoms with E-state index >= 15 is 0 Å². The summed E-state index contributed by atoms with van der Waals surface area (Å²) in [6.45, 7) is 0.357. The van der Waals surface area contributed by atoms with Crippen molar-refractivity contribution in [3.63, 3.8) is 0 Å². The first-order chi connectivity index (χ1) is 10.0. The summed E-state index contributed by atoms with van der Waals surface area (Å²) in [6.07, 6.45) is 0.456. The number of carbonyl (C=O) groups is 3. The second kappa shape index (κ2) is 6.39. The molecule has 1 saturated heterocycles. The quantitative estimate of drug-likeness (QED) is 0.604. The highest BCUT2D eigenvalue weighted by Crippen LogP contribution is 2.26. The van der Waals surface area contributed by atoms with Crippen LogP contribution in [0, 0.1) is 5.92 Å². The maximum Gasteiger partial charge on any atom is 0.325 e. The van der Waals surface area contributed by atoms with Gasteiger partial charge in [0.1, 0.15) is 12.5 Å². The van der Waals surface area contributed by atoms with Crippen molar-refractivity contribution in [2.75, 3.05) is 32.1 Å². The van der Waals surface area contributed by atoms with E-state index in [4.69, 9.17) is 0 Å². The van der Waals surface area contributed by atoms with E-state index in [9.17, 15) is 14.4 Å². The predicted octanol–water partition coefficient (Wildman–Crippen LogP) is 0.671. The highest BCUT2D eigenvalue weighted by Gasteiger charge is 2.39. The number of nitrogens with zero attached hydrogens (tertiary/aromatic N) is 2. The third-order valence-electron chi connectivity index (χ3n) is 3.54. The van der Waals surface area contributed by atoms with E-state index in [0.717, 1.165) is 5.69 Å². The lowest BCUT2D eigenvalue weighted by molar-refractivity contribution is -0.148. The highest BCUT2D eigenvalue weighted by atomic mass is 16.5. The van der Waals surface area contributed by atoms with Crippen LogP contribution in [-0.2, 0) is 19.1 Å². The van der Waals surface area contributed by atoms with E-state index in [2.05, 4.69) is 4.74 Å². The number of amides is 2. The van der Waals surface area contributed by atoms with Crippen molar-refractivity contribution < 1.29 is 19.1 Å². The number of esters is 1. The summed E-state index contributed by atoms with van der Waals surface area (Å²) < 4.78 is 4.52. The van der Waals surface area contributed by atoms with E-state index in [1.54, 1.807) is 4.90 Å².